The van der Waals surface area contributed by atoms with Gasteiger partial charge in [0.1, 0.15) is 5.75 Å². The van der Waals surface area contributed by atoms with Gasteiger partial charge in [0.05, 0.1) is 6.61 Å². The highest BCUT2D eigenvalue weighted by Crippen LogP contribution is 2.16. The van der Waals surface area contributed by atoms with E-state index in [1.807, 2.05) is 19.9 Å². The lowest BCUT2D eigenvalue weighted by molar-refractivity contribution is -0.138. The fourth-order valence-corrected chi connectivity index (χ4v) is 2.52. The zero-order valence-electron chi connectivity index (χ0n) is 16.4. The number of benzene rings is 1. The van der Waals surface area contributed by atoms with Crippen LogP contribution in [-0.2, 0) is 14.3 Å². The van der Waals surface area contributed by atoms with Crippen molar-refractivity contribution in [3.8, 4) is 5.75 Å². The largest absolute Gasteiger partial charge is 0.463 e. The number of esters is 2. The third kappa shape index (κ3) is 10.0. The molecule has 0 saturated carbocycles. The SMILES string of the molecule is CCCCCCCCCCOC(=O)/C=C/C(=O)Oc1ccc(C)c(C)c1. The standard InChI is InChI=1S/C22H32O4/c1-4-5-6-7-8-9-10-11-16-25-21(23)14-15-22(24)26-20-13-12-18(2)19(3)17-20/h12-15,17H,4-11,16H2,1-3H3/b15-14+. The molecule has 0 saturated heterocycles. The fraction of sp³-hybridized carbons (Fsp3) is 0.545. The average molecular weight is 360 g/mol. The Bertz CT molecular complexity index is 590. The summed E-state index contributed by atoms with van der Waals surface area (Å²) in [7, 11) is 0. The smallest absolute Gasteiger partial charge is 0.336 e. The third-order valence-electron chi connectivity index (χ3n) is 4.29. The number of aryl methyl sites for hydroxylation is 2. The molecular weight excluding hydrogens is 328 g/mol. The molecule has 0 aliphatic carbocycles. The van der Waals surface area contributed by atoms with Gasteiger partial charge in [-0.15, -0.1) is 0 Å². The van der Waals surface area contributed by atoms with E-state index in [4.69, 9.17) is 9.47 Å². The number of carbonyl (C=O) groups excluding carboxylic acids is 2. The number of ether oxygens (including phenoxy) is 2. The van der Waals surface area contributed by atoms with Crippen LogP contribution in [0.3, 0.4) is 0 Å². The van der Waals surface area contributed by atoms with Crippen LogP contribution in [0.5, 0.6) is 5.75 Å². The molecular formula is C22H32O4. The van der Waals surface area contributed by atoms with Crippen LogP contribution < -0.4 is 4.74 Å². The summed E-state index contributed by atoms with van der Waals surface area (Å²) < 4.78 is 10.3. The van der Waals surface area contributed by atoms with Crippen LogP contribution >= 0.6 is 0 Å². The van der Waals surface area contributed by atoms with Crippen LogP contribution in [0.15, 0.2) is 30.4 Å². The molecule has 0 bridgehead atoms. The molecule has 0 heterocycles. The summed E-state index contributed by atoms with van der Waals surface area (Å²) >= 11 is 0. The van der Waals surface area contributed by atoms with E-state index in [0.717, 1.165) is 36.1 Å². The molecule has 4 heteroatoms. The van der Waals surface area contributed by atoms with Crippen molar-refractivity contribution in [1.82, 2.24) is 0 Å². The van der Waals surface area contributed by atoms with Crippen molar-refractivity contribution in [2.45, 2.75) is 72.1 Å². The highest BCUT2D eigenvalue weighted by Gasteiger charge is 2.04. The lowest BCUT2D eigenvalue weighted by Gasteiger charge is -2.05. The van der Waals surface area contributed by atoms with E-state index >= 15 is 0 Å². The maximum absolute atomic E-state index is 11.7. The normalized spacial score (nSPS) is 10.9. The van der Waals surface area contributed by atoms with Crippen LogP contribution in [0.2, 0.25) is 0 Å². The molecule has 0 fully saturated rings. The second kappa shape index (κ2) is 13.2. The maximum atomic E-state index is 11.7. The zero-order valence-corrected chi connectivity index (χ0v) is 16.4. The van der Waals surface area contributed by atoms with Gasteiger partial charge in [0, 0.05) is 12.2 Å². The molecule has 1 rings (SSSR count). The lowest BCUT2D eigenvalue weighted by atomic mass is 10.1. The molecule has 0 unspecified atom stereocenters. The van der Waals surface area contributed by atoms with Gasteiger partial charge in [-0.25, -0.2) is 9.59 Å². The zero-order chi connectivity index (χ0) is 19.2. The van der Waals surface area contributed by atoms with Gasteiger partial charge in [-0.1, -0.05) is 57.9 Å². The molecule has 0 amide bonds. The van der Waals surface area contributed by atoms with Gasteiger partial charge in [-0.3, -0.25) is 0 Å². The molecule has 4 nitrogen and oxygen atoms in total. The Kier molecular flexibility index (Phi) is 11.1. The van der Waals surface area contributed by atoms with Crippen molar-refractivity contribution < 1.29 is 19.1 Å². The number of hydrogen-bond donors (Lipinski definition) is 0. The van der Waals surface area contributed by atoms with Crippen molar-refractivity contribution in [1.29, 1.82) is 0 Å². The van der Waals surface area contributed by atoms with Gasteiger partial charge in [0.2, 0.25) is 0 Å². The molecule has 26 heavy (non-hydrogen) atoms. The first-order chi connectivity index (χ1) is 12.5. The fourth-order valence-electron chi connectivity index (χ4n) is 2.52. The Balaban J connectivity index is 2.14. The summed E-state index contributed by atoms with van der Waals surface area (Å²) in [5.41, 5.74) is 2.17. The topological polar surface area (TPSA) is 52.6 Å². The minimum atomic E-state index is -0.586. The molecule has 0 radical (unpaired) electrons. The Labute approximate surface area is 157 Å². The monoisotopic (exact) mass is 360 g/mol. The summed E-state index contributed by atoms with van der Waals surface area (Å²) in [4.78, 5) is 23.3. The van der Waals surface area contributed by atoms with Crippen LogP contribution in [0.1, 0.15) is 69.4 Å². The number of unbranched alkanes of at least 4 members (excludes halogenated alkanes) is 7. The minimum absolute atomic E-state index is 0.393. The van der Waals surface area contributed by atoms with Crippen LogP contribution in [0, 0.1) is 13.8 Å². The highest BCUT2D eigenvalue weighted by molar-refractivity contribution is 5.92. The Morgan fingerprint density at radius 1 is 0.846 bits per heavy atom. The number of carbonyl (C=O) groups is 2. The predicted molar refractivity (Wildman–Crippen MR) is 104 cm³/mol. The Morgan fingerprint density at radius 2 is 1.46 bits per heavy atom. The molecule has 1 aromatic carbocycles. The van der Waals surface area contributed by atoms with Gasteiger partial charge in [-0.2, -0.15) is 0 Å². The van der Waals surface area contributed by atoms with Gasteiger partial charge in [0.25, 0.3) is 0 Å². The van der Waals surface area contributed by atoms with E-state index in [-0.39, 0.29) is 0 Å². The first kappa shape index (κ1) is 21.9. The van der Waals surface area contributed by atoms with Crippen LogP contribution in [0.4, 0.5) is 0 Å². The second-order valence-electron chi connectivity index (χ2n) is 6.64. The van der Waals surface area contributed by atoms with Crippen molar-refractivity contribution in [2.75, 3.05) is 6.61 Å². The quantitative estimate of drug-likeness (QED) is 0.215. The van der Waals surface area contributed by atoms with Gasteiger partial charge in [0.15, 0.2) is 0 Å². The molecule has 0 atom stereocenters. The first-order valence-corrected chi connectivity index (χ1v) is 9.67. The summed E-state index contributed by atoms with van der Waals surface area (Å²) in [6.07, 6.45) is 11.8. The Morgan fingerprint density at radius 3 is 2.12 bits per heavy atom. The summed E-state index contributed by atoms with van der Waals surface area (Å²) in [6.45, 7) is 6.55. The predicted octanol–water partition coefficient (Wildman–Crippen LogP) is 5.45. The van der Waals surface area contributed by atoms with Gasteiger partial charge < -0.3 is 9.47 Å². The minimum Gasteiger partial charge on any atom is -0.463 e. The van der Waals surface area contributed by atoms with Gasteiger partial charge >= 0.3 is 11.9 Å². The lowest BCUT2D eigenvalue weighted by Crippen LogP contribution is -2.07. The summed E-state index contributed by atoms with van der Waals surface area (Å²) in [5, 5.41) is 0. The van der Waals surface area contributed by atoms with E-state index in [9.17, 15) is 9.59 Å². The molecule has 0 aromatic heterocycles. The molecule has 1 aromatic rings. The molecule has 144 valence electrons. The van der Waals surface area contributed by atoms with Gasteiger partial charge in [-0.05, 0) is 43.5 Å². The summed E-state index contributed by atoms with van der Waals surface area (Å²) in [6, 6.07) is 5.41. The van der Waals surface area contributed by atoms with E-state index in [1.165, 1.54) is 38.5 Å². The molecule has 0 N–H and O–H groups in total. The molecule has 0 aliphatic rings. The van der Waals surface area contributed by atoms with Crippen LogP contribution in [-0.4, -0.2) is 18.5 Å². The van der Waals surface area contributed by atoms with Crippen molar-refractivity contribution in [3.05, 3.63) is 41.5 Å². The average Bonchev–Trinajstić information content (AvgIpc) is 2.61. The van der Waals surface area contributed by atoms with Crippen molar-refractivity contribution in [3.63, 3.8) is 0 Å². The van der Waals surface area contributed by atoms with E-state index in [2.05, 4.69) is 6.92 Å². The first-order valence-electron chi connectivity index (χ1n) is 9.67. The van der Waals surface area contributed by atoms with E-state index in [1.54, 1.807) is 12.1 Å². The highest BCUT2D eigenvalue weighted by atomic mass is 16.5. The molecule has 0 aliphatic heterocycles. The van der Waals surface area contributed by atoms with Crippen molar-refractivity contribution in [2.24, 2.45) is 0 Å². The number of rotatable bonds is 12. The van der Waals surface area contributed by atoms with E-state index < -0.39 is 11.9 Å². The third-order valence-corrected chi connectivity index (χ3v) is 4.29. The maximum Gasteiger partial charge on any atom is 0.336 e. The van der Waals surface area contributed by atoms with Crippen molar-refractivity contribution >= 4 is 11.9 Å². The second-order valence-corrected chi connectivity index (χ2v) is 6.64. The number of hydrogen-bond acceptors (Lipinski definition) is 4. The van der Waals surface area contributed by atoms with E-state index in [0.29, 0.717) is 12.4 Å². The summed E-state index contributed by atoms with van der Waals surface area (Å²) in [5.74, 6) is -0.627. The molecule has 0 spiro atoms. The van der Waals surface area contributed by atoms with Crippen LogP contribution in [0.25, 0.3) is 0 Å². The Hall–Kier alpha value is -2.10.